The molecule has 0 unspecified atom stereocenters. The molecule has 15 heavy (non-hydrogen) atoms. The minimum atomic E-state index is 0.843. The van der Waals surface area contributed by atoms with E-state index in [1.165, 1.54) is 0 Å². The Balaban J connectivity index is 2.25. The van der Waals surface area contributed by atoms with Crippen LogP contribution in [0.25, 0.3) is 22.0 Å². The standard InChI is InChI=1S/C11H9N3O/c1-7-10-4-8(9-5-12-13-6-9)2-3-11(10)14-15-7/h2-6H,1H3,(H,12,13). The van der Waals surface area contributed by atoms with Gasteiger partial charge in [-0.2, -0.15) is 5.10 Å². The van der Waals surface area contributed by atoms with E-state index in [2.05, 4.69) is 21.4 Å². The summed E-state index contributed by atoms with van der Waals surface area (Å²) in [7, 11) is 0. The Morgan fingerprint density at radius 2 is 2.20 bits per heavy atom. The molecule has 1 aromatic carbocycles. The van der Waals surface area contributed by atoms with Crippen LogP contribution in [0.5, 0.6) is 0 Å². The van der Waals surface area contributed by atoms with Gasteiger partial charge in [0.1, 0.15) is 11.3 Å². The molecule has 0 atom stereocenters. The van der Waals surface area contributed by atoms with E-state index in [-0.39, 0.29) is 0 Å². The van der Waals surface area contributed by atoms with E-state index in [1.807, 2.05) is 25.3 Å². The molecule has 0 radical (unpaired) electrons. The Hall–Kier alpha value is -2.10. The summed E-state index contributed by atoms with van der Waals surface area (Å²) in [6.45, 7) is 1.91. The van der Waals surface area contributed by atoms with Crippen LogP contribution in [-0.4, -0.2) is 15.4 Å². The topological polar surface area (TPSA) is 54.7 Å². The lowest BCUT2D eigenvalue weighted by Gasteiger charge is -1.95. The molecule has 0 saturated heterocycles. The number of benzene rings is 1. The van der Waals surface area contributed by atoms with Crippen LogP contribution >= 0.6 is 0 Å². The maximum atomic E-state index is 5.11. The predicted molar refractivity (Wildman–Crippen MR) is 56.3 cm³/mol. The number of hydrogen-bond acceptors (Lipinski definition) is 3. The lowest BCUT2D eigenvalue weighted by Crippen LogP contribution is -1.75. The minimum Gasteiger partial charge on any atom is -0.360 e. The molecule has 0 saturated carbocycles. The third-order valence-electron chi connectivity index (χ3n) is 2.49. The summed E-state index contributed by atoms with van der Waals surface area (Å²) in [4.78, 5) is 0. The van der Waals surface area contributed by atoms with Crippen molar-refractivity contribution in [1.82, 2.24) is 15.4 Å². The van der Waals surface area contributed by atoms with E-state index in [9.17, 15) is 0 Å². The lowest BCUT2D eigenvalue weighted by molar-refractivity contribution is 0.405. The van der Waals surface area contributed by atoms with Gasteiger partial charge in [0, 0.05) is 17.1 Å². The number of fused-ring (bicyclic) bond motifs is 1. The number of rotatable bonds is 1. The third kappa shape index (κ3) is 1.22. The summed E-state index contributed by atoms with van der Waals surface area (Å²) >= 11 is 0. The van der Waals surface area contributed by atoms with Crippen molar-refractivity contribution < 1.29 is 4.52 Å². The van der Waals surface area contributed by atoms with Crippen LogP contribution in [0, 0.1) is 6.92 Å². The lowest BCUT2D eigenvalue weighted by atomic mass is 10.1. The quantitative estimate of drug-likeness (QED) is 0.655. The number of aryl methyl sites for hydroxylation is 1. The smallest absolute Gasteiger partial charge is 0.141 e. The summed E-state index contributed by atoms with van der Waals surface area (Å²) < 4.78 is 5.11. The van der Waals surface area contributed by atoms with Crippen LogP contribution in [0.4, 0.5) is 0 Å². The maximum absolute atomic E-state index is 5.11. The zero-order valence-corrected chi connectivity index (χ0v) is 8.19. The van der Waals surface area contributed by atoms with Crippen molar-refractivity contribution >= 4 is 10.9 Å². The molecular weight excluding hydrogens is 190 g/mol. The fraction of sp³-hybridized carbons (Fsp3) is 0.0909. The SMILES string of the molecule is Cc1onc2ccc(-c3cn[nH]c3)cc12. The van der Waals surface area contributed by atoms with Gasteiger partial charge in [-0.25, -0.2) is 0 Å². The van der Waals surface area contributed by atoms with Gasteiger partial charge in [-0.05, 0) is 24.6 Å². The summed E-state index contributed by atoms with van der Waals surface area (Å²) in [5.41, 5.74) is 3.07. The predicted octanol–water partition coefficient (Wildman–Crippen LogP) is 2.53. The van der Waals surface area contributed by atoms with Crippen molar-refractivity contribution in [3.63, 3.8) is 0 Å². The van der Waals surface area contributed by atoms with Gasteiger partial charge < -0.3 is 4.52 Å². The van der Waals surface area contributed by atoms with Gasteiger partial charge in [0.25, 0.3) is 0 Å². The first kappa shape index (κ1) is 8.23. The zero-order valence-electron chi connectivity index (χ0n) is 8.19. The number of nitrogens with one attached hydrogen (secondary N) is 1. The summed E-state index contributed by atoms with van der Waals surface area (Å²) in [6.07, 6.45) is 3.66. The van der Waals surface area contributed by atoms with Gasteiger partial charge in [0.2, 0.25) is 0 Å². The highest BCUT2D eigenvalue weighted by atomic mass is 16.5. The van der Waals surface area contributed by atoms with Crippen molar-refractivity contribution in [2.24, 2.45) is 0 Å². The second kappa shape index (κ2) is 2.95. The first-order valence-electron chi connectivity index (χ1n) is 4.70. The normalized spacial score (nSPS) is 11.0. The summed E-state index contributed by atoms with van der Waals surface area (Å²) in [5, 5.41) is 11.7. The van der Waals surface area contributed by atoms with Crippen LogP contribution in [0.15, 0.2) is 35.1 Å². The van der Waals surface area contributed by atoms with E-state index in [0.717, 1.165) is 27.8 Å². The largest absolute Gasteiger partial charge is 0.360 e. The average molecular weight is 199 g/mol. The third-order valence-corrected chi connectivity index (χ3v) is 2.49. The van der Waals surface area contributed by atoms with Crippen LogP contribution in [0.3, 0.4) is 0 Å². The van der Waals surface area contributed by atoms with Crippen molar-refractivity contribution in [2.45, 2.75) is 6.92 Å². The van der Waals surface area contributed by atoms with Gasteiger partial charge >= 0.3 is 0 Å². The van der Waals surface area contributed by atoms with Crippen molar-refractivity contribution in [3.8, 4) is 11.1 Å². The number of aromatic amines is 1. The number of aromatic nitrogens is 3. The highest BCUT2D eigenvalue weighted by molar-refractivity contribution is 5.85. The molecule has 2 aromatic heterocycles. The second-order valence-corrected chi connectivity index (χ2v) is 3.46. The van der Waals surface area contributed by atoms with Gasteiger partial charge in [0.05, 0.1) is 6.20 Å². The molecule has 0 bridgehead atoms. The van der Waals surface area contributed by atoms with E-state index < -0.39 is 0 Å². The Labute approximate surface area is 85.9 Å². The molecule has 0 aliphatic heterocycles. The van der Waals surface area contributed by atoms with Gasteiger partial charge in [-0.15, -0.1) is 0 Å². The number of H-pyrrole nitrogens is 1. The number of nitrogens with zero attached hydrogens (tertiary/aromatic N) is 2. The Morgan fingerprint density at radius 1 is 1.27 bits per heavy atom. The molecule has 1 N–H and O–H groups in total. The van der Waals surface area contributed by atoms with Crippen LogP contribution in [0.2, 0.25) is 0 Å². The van der Waals surface area contributed by atoms with Crippen molar-refractivity contribution in [2.75, 3.05) is 0 Å². The monoisotopic (exact) mass is 199 g/mol. The summed E-state index contributed by atoms with van der Waals surface area (Å²) in [5.74, 6) is 0.843. The molecule has 0 aliphatic carbocycles. The van der Waals surface area contributed by atoms with Crippen molar-refractivity contribution in [3.05, 3.63) is 36.4 Å². The van der Waals surface area contributed by atoms with E-state index in [4.69, 9.17) is 4.52 Å². The van der Waals surface area contributed by atoms with Gasteiger partial charge in [0.15, 0.2) is 0 Å². The van der Waals surface area contributed by atoms with E-state index in [0.29, 0.717) is 0 Å². The molecule has 4 nitrogen and oxygen atoms in total. The first-order valence-corrected chi connectivity index (χ1v) is 4.70. The van der Waals surface area contributed by atoms with Crippen molar-refractivity contribution in [1.29, 1.82) is 0 Å². The van der Waals surface area contributed by atoms with Crippen LogP contribution in [-0.2, 0) is 0 Å². The molecule has 0 fully saturated rings. The van der Waals surface area contributed by atoms with E-state index in [1.54, 1.807) is 6.20 Å². The second-order valence-electron chi connectivity index (χ2n) is 3.46. The zero-order chi connectivity index (χ0) is 10.3. The van der Waals surface area contributed by atoms with Crippen LogP contribution in [0.1, 0.15) is 5.76 Å². The fourth-order valence-corrected chi connectivity index (χ4v) is 1.65. The highest BCUT2D eigenvalue weighted by Gasteiger charge is 2.06. The van der Waals surface area contributed by atoms with Gasteiger partial charge in [-0.1, -0.05) is 11.2 Å². The maximum Gasteiger partial charge on any atom is 0.141 e. The molecule has 0 spiro atoms. The molecule has 4 heteroatoms. The first-order chi connectivity index (χ1) is 7.34. The highest BCUT2D eigenvalue weighted by Crippen LogP contribution is 2.24. The fourth-order valence-electron chi connectivity index (χ4n) is 1.65. The molecule has 74 valence electrons. The molecule has 0 amide bonds. The van der Waals surface area contributed by atoms with Gasteiger partial charge in [-0.3, -0.25) is 5.10 Å². The molecule has 2 heterocycles. The molecule has 3 rings (SSSR count). The number of hydrogen-bond donors (Lipinski definition) is 1. The summed E-state index contributed by atoms with van der Waals surface area (Å²) in [6, 6.07) is 6.02. The minimum absolute atomic E-state index is 0.843. The van der Waals surface area contributed by atoms with E-state index >= 15 is 0 Å². The Morgan fingerprint density at radius 3 is 3.00 bits per heavy atom. The molecular formula is C11H9N3O. The Bertz CT molecular complexity index is 595. The molecule has 0 aliphatic rings. The Kier molecular flexibility index (Phi) is 1.62. The average Bonchev–Trinajstić information content (AvgIpc) is 2.88. The van der Waals surface area contributed by atoms with Crippen LogP contribution < -0.4 is 0 Å². The molecule has 3 aromatic rings.